The van der Waals surface area contributed by atoms with Crippen molar-refractivity contribution in [2.24, 2.45) is 5.92 Å². The topological polar surface area (TPSA) is 38.8 Å². The third-order valence-corrected chi connectivity index (χ3v) is 3.37. The zero-order chi connectivity index (χ0) is 11.6. The highest BCUT2D eigenvalue weighted by Crippen LogP contribution is 2.29. The summed E-state index contributed by atoms with van der Waals surface area (Å²) in [7, 11) is 0. The standard InChI is InChI=1S/C12H21NO3/c1-12(2)9-10(3-6-16-12)11(14)13-4-7-15-8-5-13/h10H,3-9H2,1-2H3/t10-/m1/s1. The maximum Gasteiger partial charge on any atom is 0.226 e. The van der Waals surface area contributed by atoms with Crippen molar-refractivity contribution in [3.8, 4) is 0 Å². The fourth-order valence-electron chi connectivity index (χ4n) is 2.48. The van der Waals surface area contributed by atoms with Crippen molar-refractivity contribution in [3.63, 3.8) is 0 Å². The number of nitrogens with zero attached hydrogens (tertiary/aromatic N) is 1. The summed E-state index contributed by atoms with van der Waals surface area (Å²) < 4.78 is 10.9. The summed E-state index contributed by atoms with van der Waals surface area (Å²) in [6.07, 6.45) is 1.70. The van der Waals surface area contributed by atoms with Crippen molar-refractivity contribution in [2.45, 2.75) is 32.3 Å². The minimum absolute atomic E-state index is 0.141. The van der Waals surface area contributed by atoms with Gasteiger partial charge in [-0.2, -0.15) is 0 Å². The van der Waals surface area contributed by atoms with Gasteiger partial charge in [0.15, 0.2) is 0 Å². The van der Waals surface area contributed by atoms with Crippen LogP contribution in [0.1, 0.15) is 26.7 Å². The minimum Gasteiger partial charge on any atom is -0.378 e. The fraction of sp³-hybridized carbons (Fsp3) is 0.917. The summed E-state index contributed by atoms with van der Waals surface area (Å²) in [5, 5.41) is 0. The van der Waals surface area contributed by atoms with Crippen LogP contribution in [-0.2, 0) is 14.3 Å². The fourth-order valence-corrected chi connectivity index (χ4v) is 2.48. The molecule has 0 unspecified atom stereocenters. The number of carbonyl (C=O) groups is 1. The molecular weight excluding hydrogens is 206 g/mol. The van der Waals surface area contributed by atoms with Gasteiger partial charge >= 0.3 is 0 Å². The van der Waals surface area contributed by atoms with Gasteiger partial charge in [-0.05, 0) is 26.7 Å². The van der Waals surface area contributed by atoms with Crippen LogP contribution in [0.2, 0.25) is 0 Å². The summed E-state index contributed by atoms with van der Waals surface area (Å²) >= 11 is 0. The molecule has 0 radical (unpaired) electrons. The number of amides is 1. The number of hydrogen-bond donors (Lipinski definition) is 0. The third kappa shape index (κ3) is 2.74. The Kier molecular flexibility index (Phi) is 3.50. The van der Waals surface area contributed by atoms with E-state index >= 15 is 0 Å². The lowest BCUT2D eigenvalue weighted by atomic mass is 9.87. The largest absolute Gasteiger partial charge is 0.378 e. The van der Waals surface area contributed by atoms with Gasteiger partial charge in [0.05, 0.1) is 18.8 Å². The van der Waals surface area contributed by atoms with E-state index in [-0.39, 0.29) is 11.5 Å². The molecule has 2 fully saturated rings. The predicted octanol–water partition coefficient (Wildman–Crippen LogP) is 1.05. The highest BCUT2D eigenvalue weighted by molar-refractivity contribution is 5.79. The van der Waals surface area contributed by atoms with Gasteiger partial charge in [0.25, 0.3) is 0 Å². The number of rotatable bonds is 1. The molecule has 0 aromatic heterocycles. The van der Waals surface area contributed by atoms with E-state index < -0.39 is 0 Å². The van der Waals surface area contributed by atoms with Crippen LogP contribution >= 0.6 is 0 Å². The number of morpholine rings is 1. The van der Waals surface area contributed by atoms with E-state index in [9.17, 15) is 4.79 Å². The van der Waals surface area contributed by atoms with Gasteiger partial charge in [0.1, 0.15) is 0 Å². The van der Waals surface area contributed by atoms with E-state index in [0.717, 1.165) is 25.9 Å². The Morgan fingerprint density at radius 2 is 1.94 bits per heavy atom. The molecule has 2 aliphatic heterocycles. The summed E-state index contributed by atoms with van der Waals surface area (Å²) in [6, 6.07) is 0. The molecule has 0 spiro atoms. The summed E-state index contributed by atoms with van der Waals surface area (Å²) in [5.74, 6) is 0.432. The highest BCUT2D eigenvalue weighted by atomic mass is 16.5. The van der Waals surface area contributed by atoms with Gasteiger partial charge in [0.2, 0.25) is 5.91 Å². The second kappa shape index (κ2) is 4.72. The summed E-state index contributed by atoms with van der Waals surface area (Å²) in [5.41, 5.74) is -0.148. The lowest BCUT2D eigenvalue weighted by Crippen LogP contribution is -2.47. The quantitative estimate of drug-likeness (QED) is 0.672. The molecule has 16 heavy (non-hydrogen) atoms. The highest BCUT2D eigenvalue weighted by Gasteiger charge is 2.35. The van der Waals surface area contributed by atoms with Crippen molar-refractivity contribution < 1.29 is 14.3 Å². The molecule has 0 aromatic rings. The molecular formula is C12H21NO3. The number of hydrogen-bond acceptors (Lipinski definition) is 3. The van der Waals surface area contributed by atoms with E-state index in [0.29, 0.717) is 25.7 Å². The maximum absolute atomic E-state index is 12.3. The Bertz CT molecular complexity index is 259. The van der Waals surface area contributed by atoms with Gasteiger partial charge in [-0.1, -0.05) is 0 Å². The Balaban J connectivity index is 1.93. The molecule has 1 atom stereocenters. The SMILES string of the molecule is CC1(C)C[C@H](C(=O)N2CCOCC2)CCO1. The van der Waals surface area contributed by atoms with Crippen LogP contribution in [0.25, 0.3) is 0 Å². The van der Waals surface area contributed by atoms with Gasteiger partial charge in [-0.3, -0.25) is 4.79 Å². The van der Waals surface area contributed by atoms with Gasteiger partial charge in [0, 0.05) is 25.6 Å². The van der Waals surface area contributed by atoms with E-state index in [4.69, 9.17) is 9.47 Å². The first-order chi connectivity index (χ1) is 7.58. The molecule has 2 saturated heterocycles. The zero-order valence-electron chi connectivity index (χ0n) is 10.2. The molecule has 0 saturated carbocycles. The molecule has 0 aromatic carbocycles. The normalized spacial score (nSPS) is 30.1. The van der Waals surface area contributed by atoms with E-state index in [2.05, 4.69) is 13.8 Å². The average Bonchev–Trinajstić information content (AvgIpc) is 2.28. The van der Waals surface area contributed by atoms with Crippen LogP contribution in [0.4, 0.5) is 0 Å². The molecule has 2 aliphatic rings. The molecule has 1 amide bonds. The van der Waals surface area contributed by atoms with E-state index in [1.54, 1.807) is 0 Å². The monoisotopic (exact) mass is 227 g/mol. The second-order valence-corrected chi connectivity index (χ2v) is 5.24. The first kappa shape index (κ1) is 11.9. The Labute approximate surface area is 96.9 Å². The smallest absolute Gasteiger partial charge is 0.226 e. The molecule has 0 aliphatic carbocycles. The molecule has 2 heterocycles. The van der Waals surface area contributed by atoms with E-state index in [1.165, 1.54) is 0 Å². The van der Waals surface area contributed by atoms with Gasteiger partial charge in [-0.25, -0.2) is 0 Å². The lowest BCUT2D eigenvalue weighted by Gasteiger charge is -2.38. The third-order valence-electron chi connectivity index (χ3n) is 3.37. The Hall–Kier alpha value is -0.610. The van der Waals surface area contributed by atoms with Crippen LogP contribution in [0.3, 0.4) is 0 Å². The number of ether oxygens (including phenoxy) is 2. The molecule has 4 heteroatoms. The minimum atomic E-state index is -0.148. The average molecular weight is 227 g/mol. The van der Waals surface area contributed by atoms with Crippen molar-refractivity contribution in [1.29, 1.82) is 0 Å². The Morgan fingerprint density at radius 3 is 2.56 bits per heavy atom. The second-order valence-electron chi connectivity index (χ2n) is 5.24. The predicted molar refractivity (Wildman–Crippen MR) is 60.2 cm³/mol. The molecule has 92 valence electrons. The summed E-state index contributed by atoms with van der Waals surface area (Å²) in [6.45, 7) is 7.68. The van der Waals surface area contributed by atoms with Crippen molar-refractivity contribution in [2.75, 3.05) is 32.9 Å². The Morgan fingerprint density at radius 1 is 1.25 bits per heavy atom. The van der Waals surface area contributed by atoms with E-state index in [1.807, 2.05) is 4.90 Å². The molecule has 4 nitrogen and oxygen atoms in total. The molecule has 0 bridgehead atoms. The molecule has 2 rings (SSSR count). The first-order valence-electron chi connectivity index (χ1n) is 6.09. The molecule has 0 N–H and O–H groups in total. The maximum atomic E-state index is 12.3. The van der Waals surface area contributed by atoms with Gasteiger partial charge in [-0.15, -0.1) is 0 Å². The van der Waals surface area contributed by atoms with Crippen LogP contribution < -0.4 is 0 Å². The van der Waals surface area contributed by atoms with Crippen LogP contribution in [0.5, 0.6) is 0 Å². The van der Waals surface area contributed by atoms with Crippen LogP contribution in [0, 0.1) is 5.92 Å². The number of carbonyl (C=O) groups excluding carboxylic acids is 1. The van der Waals surface area contributed by atoms with Crippen LogP contribution in [-0.4, -0.2) is 49.3 Å². The summed E-state index contributed by atoms with van der Waals surface area (Å²) in [4.78, 5) is 14.2. The van der Waals surface area contributed by atoms with Gasteiger partial charge < -0.3 is 14.4 Å². The lowest BCUT2D eigenvalue weighted by molar-refractivity contribution is -0.149. The van der Waals surface area contributed by atoms with Crippen molar-refractivity contribution in [3.05, 3.63) is 0 Å². The zero-order valence-corrected chi connectivity index (χ0v) is 10.2. The van der Waals surface area contributed by atoms with Crippen molar-refractivity contribution in [1.82, 2.24) is 4.90 Å². The van der Waals surface area contributed by atoms with Crippen molar-refractivity contribution >= 4 is 5.91 Å². The first-order valence-corrected chi connectivity index (χ1v) is 6.09. The van der Waals surface area contributed by atoms with Crippen LogP contribution in [0.15, 0.2) is 0 Å².